The SMILES string of the molecule is COc1ccc(C(=O)NCCCc2cccc(O)c2)cc1OC. The molecule has 2 aromatic rings. The normalized spacial score (nSPS) is 10.2. The maximum Gasteiger partial charge on any atom is 0.251 e. The lowest BCUT2D eigenvalue weighted by Gasteiger charge is -2.10. The van der Waals surface area contributed by atoms with Crippen LogP contribution in [-0.4, -0.2) is 31.8 Å². The van der Waals surface area contributed by atoms with Gasteiger partial charge in [-0.05, 0) is 48.7 Å². The van der Waals surface area contributed by atoms with Gasteiger partial charge in [0.1, 0.15) is 5.75 Å². The minimum absolute atomic E-state index is 0.151. The number of hydrogen-bond acceptors (Lipinski definition) is 4. The van der Waals surface area contributed by atoms with E-state index in [0.29, 0.717) is 23.6 Å². The van der Waals surface area contributed by atoms with Crippen LogP contribution in [0.25, 0.3) is 0 Å². The summed E-state index contributed by atoms with van der Waals surface area (Å²) >= 11 is 0. The van der Waals surface area contributed by atoms with Gasteiger partial charge in [0.2, 0.25) is 0 Å². The smallest absolute Gasteiger partial charge is 0.251 e. The minimum atomic E-state index is -0.151. The van der Waals surface area contributed by atoms with Gasteiger partial charge in [0.25, 0.3) is 5.91 Å². The van der Waals surface area contributed by atoms with Crippen molar-refractivity contribution in [1.82, 2.24) is 5.32 Å². The van der Waals surface area contributed by atoms with Crippen LogP contribution in [-0.2, 0) is 6.42 Å². The third-order valence-electron chi connectivity index (χ3n) is 3.48. The molecule has 0 bridgehead atoms. The molecule has 2 aromatic carbocycles. The summed E-state index contributed by atoms with van der Waals surface area (Å²) in [5, 5.41) is 12.3. The number of carbonyl (C=O) groups is 1. The standard InChI is InChI=1S/C18H21NO4/c1-22-16-9-8-14(12-17(16)23-2)18(21)19-10-4-6-13-5-3-7-15(20)11-13/h3,5,7-9,11-12,20H,4,6,10H2,1-2H3,(H,19,21). The molecule has 5 heteroatoms. The third-order valence-corrected chi connectivity index (χ3v) is 3.48. The van der Waals surface area contributed by atoms with Crippen molar-refractivity contribution in [2.45, 2.75) is 12.8 Å². The number of aryl methyl sites for hydroxylation is 1. The Morgan fingerprint density at radius 2 is 1.87 bits per heavy atom. The van der Waals surface area contributed by atoms with Crippen molar-refractivity contribution >= 4 is 5.91 Å². The first-order valence-electron chi connectivity index (χ1n) is 7.42. The molecule has 0 saturated heterocycles. The van der Waals surface area contributed by atoms with E-state index in [1.807, 2.05) is 12.1 Å². The quantitative estimate of drug-likeness (QED) is 0.771. The largest absolute Gasteiger partial charge is 0.508 e. The van der Waals surface area contributed by atoms with Crippen LogP contribution in [0.3, 0.4) is 0 Å². The predicted molar refractivity (Wildman–Crippen MR) is 88.3 cm³/mol. The van der Waals surface area contributed by atoms with Crippen molar-refractivity contribution in [3.05, 3.63) is 53.6 Å². The number of ether oxygens (including phenoxy) is 2. The third kappa shape index (κ3) is 4.64. The number of aromatic hydroxyl groups is 1. The zero-order chi connectivity index (χ0) is 16.7. The zero-order valence-corrected chi connectivity index (χ0v) is 13.3. The van der Waals surface area contributed by atoms with Gasteiger partial charge in [-0.3, -0.25) is 4.79 Å². The van der Waals surface area contributed by atoms with Crippen molar-refractivity contribution < 1.29 is 19.4 Å². The summed E-state index contributed by atoms with van der Waals surface area (Å²) in [6, 6.07) is 12.2. The molecule has 2 N–H and O–H groups in total. The molecule has 0 saturated carbocycles. The fraction of sp³-hybridized carbons (Fsp3) is 0.278. The van der Waals surface area contributed by atoms with Crippen LogP contribution < -0.4 is 14.8 Å². The molecule has 0 atom stereocenters. The summed E-state index contributed by atoms with van der Waals surface area (Å²) < 4.78 is 10.3. The van der Waals surface area contributed by atoms with Gasteiger partial charge < -0.3 is 19.9 Å². The van der Waals surface area contributed by atoms with Crippen molar-refractivity contribution in [1.29, 1.82) is 0 Å². The molecule has 0 spiro atoms. The van der Waals surface area contributed by atoms with Crippen LogP contribution in [0.1, 0.15) is 22.3 Å². The van der Waals surface area contributed by atoms with Crippen LogP contribution in [0.2, 0.25) is 0 Å². The summed E-state index contributed by atoms with van der Waals surface area (Å²) in [5.41, 5.74) is 1.57. The van der Waals surface area contributed by atoms with E-state index in [2.05, 4.69) is 5.32 Å². The van der Waals surface area contributed by atoms with Crippen molar-refractivity contribution in [3.63, 3.8) is 0 Å². The number of phenols is 1. The summed E-state index contributed by atoms with van der Waals surface area (Å²) in [7, 11) is 3.09. The van der Waals surface area contributed by atoms with E-state index in [4.69, 9.17) is 9.47 Å². The second kappa shape index (κ2) is 8.08. The Morgan fingerprint density at radius 3 is 2.57 bits per heavy atom. The van der Waals surface area contributed by atoms with Gasteiger partial charge in [0.15, 0.2) is 11.5 Å². The van der Waals surface area contributed by atoms with E-state index in [9.17, 15) is 9.90 Å². The number of nitrogens with one attached hydrogen (secondary N) is 1. The van der Waals surface area contributed by atoms with Gasteiger partial charge in [-0.25, -0.2) is 0 Å². The van der Waals surface area contributed by atoms with Gasteiger partial charge in [0.05, 0.1) is 14.2 Å². The lowest BCUT2D eigenvalue weighted by Crippen LogP contribution is -2.24. The molecule has 0 fully saturated rings. The van der Waals surface area contributed by atoms with Gasteiger partial charge in [-0.15, -0.1) is 0 Å². The van der Waals surface area contributed by atoms with Gasteiger partial charge in [-0.1, -0.05) is 12.1 Å². The fourth-order valence-corrected chi connectivity index (χ4v) is 2.29. The summed E-state index contributed by atoms with van der Waals surface area (Å²) in [6.07, 6.45) is 1.59. The van der Waals surface area contributed by atoms with Crippen LogP contribution >= 0.6 is 0 Å². The highest BCUT2D eigenvalue weighted by Gasteiger charge is 2.10. The average Bonchev–Trinajstić information content (AvgIpc) is 2.58. The van der Waals surface area contributed by atoms with Gasteiger partial charge in [0, 0.05) is 12.1 Å². The molecule has 122 valence electrons. The molecule has 0 radical (unpaired) electrons. The maximum absolute atomic E-state index is 12.1. The highest BCUT2D eigenvalue weighted by molar-refractivity contribution is 5.94. The Balaban J connectivity index is 1.85. The molecule has 1 amide bonds. The summed E-state index contributed by atoms with van der Waals surface area (Å²) in [5.74, 6) is 1.23. The Hall–Kier alpha value is -2.69. The van der Waals surface area contributed by atoms with Crippen LogP contribution in [0.4, 0.5) is 0 Å². The maximum atomic E-state index is 12.1. The second-order valence-corrected chi connectivity index (χ2v) is 5.10. The van der Waals surface area contributed by atoms with Crippen molar-refractivity contribution in [2.75, 3.05) is 20.8 Å². The average molecular weight is 315 g/mol. The van der Waals surface area contributed by atoms with E-state index in [1.165, 1.54) is 7.11 Å². The first-order chi connectivity index (χ1) is 11.1. The Morgan fingerprint density at radius 1 is 1.09 bits per heavy atom. The second-order valence-electron chi connectivity index (χ2n) is 5.10. The van der Waals surface area contributed by atoms with Crippen LogP contribution in [0.5, 0.6) is 17.2 Å². The summed E-state index contributed by atoms with van der Waals surface area (Å²) in [4.78, 5) is 12.1. The number of rotatable bonds is 7. The Labute approximate surface area is 135 Å². The number of phenolic OH excluding ortho intramolecular Hbond substituents is 1. The Kier molecular flexibility index (Phi) is 5.86. The highest BCUT2D eigenvalue weighted by atomic mass is 16.5. The predicted octanol–water partition coefficient (Wildman–Crippen LogP) is 2.77. The lowest BCUT2D eigenvalue weighted by molar-refractivity contribution is 0.0953. The van der Waals surface area contributed by atoms with Crippen LogP contribution in [0.15, 0.2) is 42.5 Å². The number of methoxy groups -OCH3 is 2. The molecule has 2 rings (SSSR count). The molecular formula is C18H21NO4. The first kappa shape index (κ1) is 16.7. The van der Waals surface area contributed by atoms with Crippen LogP contribution in [0, 0.1) is 0 Å². The van der Waals surface area contributed by atoms with Gasteiger partial charge in [-0.2, -0.15) is 0 Å². The summed E-state index contributed by atoms with van der Waals surface area (Å²) in [6.45, 7) is 0.558. The molecule has 0 aromatic heterocycles. The zero-order valence-electron chi connectivity index (χ0n) is 13.3. The number of carbonyl (C=O) groups excluding carboxylic acids is 1. The van der Waals surface area contributed by atoms with Gasteiger partial charge >= 0.3 is 0 Å². The van der Waals surface area contributed by atoms with Crippen molar-refractivity contribution in [3.8, 4) is 17.2 Å². The van der Waals surface area contributed by atoms with Crippen molar-refractivity contribution in [2.24, 2.45) is 0 Å². The van der Waals surface area contributed by atoms with E-state index in [-0.39, 0.29) is 11.7 Å². The number of hydrogen-bond donors (Lipinski definition) is 2. The lowest BCUT2D eigenvalue weighted by atomic mass is 10.1. The van der Waals surface area contributed by atoms with E-state index in [1.54, 1.807) is 37.4 Å². The minimum Gasteiger partial charge on any atom is -0.508 e. The molecule has 0 unspecified atom stereocenters. The van der Waals surface area contributed by atoms with E-state index >= 15 is 0 Å². The molecule has 23 heavy (non-hydrogen) atoms. The molecule has 0 aliphatic heterocycles. The molecule has 0 aliphatic rings. The fourth-order valence-electron chi connectivity index (χ4n) is 2.29. The number of amides is 1. The number of benzene rings is 2. The molecule has 0 aliphatic carbocycles. The topological polar surface area (TPSA) is 67.8 Å². The first-order valence-corrected chi connectivity index (χ1v) is 7.42. The molecular weight excluding hydrogens is 294 g/mol. The Bertz CT molecular complexity index is 670. The highest BCUT2D eigenvalue weighted by Crippen LogP contribution is 2.27. The molecule has 0 heterocycles. The van der Waals surface area contributed by atoms with E-state index < -0.39 is 0 Å². The van der Waals surface area contributed by atoms with E-state index in [0.717, 1.165) is 18.4 Å². The monoisotopic (exact) mass is 315 g/mol. The molecule has 5 nitrogen and oxygen atoms in total.